The van der Waals surface area contributed by atoms with Gasteiger partial charge in [-0.2, -0.15) is 0 Å². The van der Waals surface area contributed by atoms with E-state index in [4.69, 9.17) is 4.74 Å². The molecule has 0 bridgehead atoms. The minimum absolute atomic E-state index is 0.112. The first-order chi connectivity index (χ1) is 13.9. The number of halogens is 2. The van der Waals surface area contributed by atoms with Gasteiger partial charge in [-0.05, 0) is 56.2 Å². The van der Waals surface area contributed by atoms with Crippen LogP contribution >= 0.6 is 0 Å². The van der Waals surface area contributed by atoms with E-state index < -0.39 is 5.54 Å². The van der Waals surface area contributed by atoms with Gasteiger partial charge in [-0.1, -0.05) is 12.1 Å². The summed E-state index contributed by atoms with van der Waals surface area (Å²) in [4.78, 5) is 16.5. The topological polar surface area (TPSA) is 32.8 Å². The second-order valence-electron chi connectivity index (χ2n) is 7.82. The number of rotatable bonds is 4. The van der Waals surface area contributed by atoms with Crippen molar-refractivity contribution in [1.29, 1.82) is 0 Å². The van der Waals surface area contributed by atoms with E-state index in [0.29, 0.717) is 42.9 Å². The highest BCUT2D eigenvalue weighted by atomic mass is 19.1. The Kier molecular flexibility index (Phi) is 5.13. The number of anilines is 1. The van der Waals surface area contributed by atoms with Gasteiger partial charge in [0.15, 0.2) is 0 Å². The van der Waals surface area contributed by atoms with Gasteiger partial charge in [0, 0.05) is 36.5 Å². The molecule has 2 aliphatic heterocycles. The van der Waals surface area contributed by atoms with Crippen molar-refractivity contribution < 1.29 is 18.3 Å². The zero-order valence-electron chi connectivity index (χ0n) is 16.6. The van der Waals surface area contributed by atoms with Crippen LogP contribution in [0.1, 0.15) is 25.3 Å². The van der Waals surface area contributed by atoms with Crippen molar-refractivity contribution >= 4 is 11.6 Å². The molecule has 2 aromatic rings. The average molecular weight is 398 g/mol. The second-order valence-corrected chi connectivity index (χ2v) is 7.82. The molecule has 0 radical (unpaired) electrons. The molecule has 4 rings (SSSR count). The zero-order valence-corrected chi connectivity index (χ0v) is 16.6. The molecule has 0 N–H and O–H groups in total. The normalized spacial score (nSPS) is 24.5. The maximum atomic E-state index is 14.3. The summed E-state index contributed by atoms with van der Waals surface area (Å²) in [5.41, 5.74) is 0.680. The third-order valence-corrected chi connectivity index (χ3v) is 6.00. The molecule has 1 fully saturated rings. The predicted octanol–water partition coefficient (Wildman–Crippen LogP) is 4.30. The van der Waals surface area contributed by atoms with Crippen LogP contribution in [0.15, 0.2) is 54.6 Å². The Labute approximate surface area is 169 Å². The maximum absolute atomic E-state index is 14.3. The Hall–Kier alpha value is -2.73. The van der Waals surface area contributed by atoms with Gasteiger partial charge in [-0.3, -0.25) is 14.6 Å². The quantitative estimate of drug-likeness (QED) is 0.770. The lowest BCUT2D eigenvalue weighted by molar-refractivity contribution is -0.114. The van der Waals surface area contributed by atoms with E-state index in [0.717, 1.165) is 0 Å². The van der Waals surface area contributed by atoms with E-state index in [-0.39, 0.29) is 23.6 Å². The predicted molar refractivity (Wildman–Crippen MR) is 108 cm³/mol. The fraction of sp³-hybridized carbons (Fsp3) is 0.348. The molecule has 2 atom stereocenters. The lowest BCUT2D eigenvalue weighted by atomic mass is 9.82. The number of benzene rings is 2. The van der Waals surface area contributed by atoms with E-state index >= 15 is 0 Å². The maximum Gasteiger partial charge on any atom is 0.251 e. The van der Waals surface area contributed by atoms with Crippen LogP contribution in [0.5, 0.6) is 5.75 Å². The molecule has 6 heteroatoms. The van der Waals surface area contributed by atoms with Crippen LogP contribution < -0.4 is 9.64 Å². The number of carbonyl (C=O) groups is 1. The van der Waals surface area contributed by atoms with Crippen LogP contribution in [0.3, 0.4) is 0 Å². The van der Waals surface area contributed by atoms with E-state index in [1.807, 2.05) is 6.08 Å². The molecule has 2 aliphatic rings. The summed E-state index contributed by atoms with van der Waals surface area (Å²) in [5.74, 6) is -0.119. The van der Waals surface area contributed by atoms with Crippen molar-refractivity contribution in [3.8, 4) is 5.75 Å². The molecule has 0 aromatic heterocycles. The van der Waals surface area contributed by atoms with E-state index in [1.54, 1.807) is 42.4 Å². The molecule has 1 spiro atoms. The fourth-order valence-corrected chi connectivity index (χ4v) is 4.50. The number of ether oxygens (including phenoxy) is 1. The number of carbonyl (C=O) groups excluding carboxylic acids is 1. The minimum atomic E-state index is -0.478. The summed E-state index contributed by atoms with van der Waals surface area (Å²) in [6.07, 6.45) is 4.91. The molecule has 2 heterocycles. The summed E-state index contributed by atoms with van der Waals surface area (Å²) in [6, 6.07) is 11.0. The largest absolute Gasteiger partial charge is 0.497 e. The summed E-state index contributed by atoms with van der Waals surface area (Å²) in [5, 5.41) is 0. The van der Waals surface area contributed by atoms with Crippen molar-refractivity contribution in [1.82, 2.24) is 4.90 Å². The lowest BCUT2D eigenvalue weighted by Crippen LogP contribution is -2.56. The van der Waals surface area contributed by atoms with Crippen LogP contribution in [-0.2, 0) is 11.3 Å². The van der Waals surface area contributed by atoms with E-state index in [9.17, 15) is 13.6 Å². The molecule has 0 aliphatic carbocycles. The third-order valence-electron chi connectivity index (χ3n) is 6.00. The van der Waals surface area contributed by atoms with Gasteiger partial charge in [0.25, 0.3) is 5.91 Å². The molecule has 1 amide bonds. The summed E-state index contributed by atoms with van der Waals surface area (Å²) in [6.45, 7) is 3.25. The van der Waals surface area contributed by atoms with Crippen molar-refractivity contribution in [2.45, 2.75) is 37.9 Å². The number of nitrogens with zero attached hydrogens (tertiary/aromatic N) is 2. The number of hydrogen-bond donors (Lipinski definition) is 0. The van der Waals surface area contributed by atoms with Crippen molar-refractivity contribution in [3.05, 3.63) is 71.8 Å². The monoisotopic (exact) mass is 398 g/mol. The first-order valence-corrected chi connectivity index (χ1v) is 9.77. The Morgan fingerprint density at radius 3 is 2.76 bits per heavy atom. The van der Waals surface area contributed by atoms with Crippen LogP contribution in [0.25, 0.3) is 0 Å². The summed E-state index contributed by atoms with van der Waals surface area (Å²) >= 11 is 0. The highest BCUT2D eigenvalue weighted by Gasteiger charge is 2.46. The Bertz CT molecular complexity index is 962. The molecule has 152 valence electrons. The molecule has 2 aromatic carbocycles. The van der Waals surface area contributed by atoms with Crippen LogP contribution in [0.2, 0.25) is 0 Å². The molecule has 0 saturated carbocycles. The Morgan fingerprint density at radius 2 is 2.03 bits per heavy atom. The SMILES string of the molecule is COc1ccc(F)c(CN2CCC3(C=CC(=O)N3c3cccc(F)c3)CC2C)c1. The Morgan fingerprint density at radius 1 is 1.21 bits per heavy atom. The molecular weight excluding hydrogens is 374 g/mol. The highest BCUT2D eigenvalue weighted by Crippen LogP contribution is 2.41. The standard InChI is InChI=1S/C23H24F2N2O2/c1-16-14-23(9-8-22(28)27(23)19-5-3-4-18(24)13-19)10-11-26(16)15-17-12-20(29-2)6-7-21(17)25/h3-9,12-13,16H,10-11,14-15H2,1-2H3. The zero-order chi connectivity index (χ0) is 20.6. The number of methoxy groups -OCH3 is 1. The lowest BCUT2D eigenvalue weighted by Gasteiger charge is -2.47. The van der Waals surface area contributed by atoms with Gasteiger partial charge in [-0.25, -0.2) is 8.78 Å². The van der Waals surface area contributed by atoms with Crippen molar-refractivity contribution in [2.75, 3.05) is 18.6 Å². The summed E-state index contributed by atoms with van der Waals surface area (Å²) in [7, 11) is 1.56. The molecular formula is C23H24F2N2O2. The number of hydrogen-bond acceptors (Lipinski definition) is 3. The third kappa shape index (κ3) is 3.65. The van der Waals surface area contributed by atoms with Gasteiger partial charge >= 0.3 is 0 Å². The second kappa shape index (κ2) is 7.59. The van der Waals surface area contributed by atoms with Gasteiger partial charge in [0.1, 0.15) is 17.4 Å². The van der Waals surface area contributed by atoms with Crippen molar-refractivity contribution in [2.24, 2.45) is 0 Å². The van der Waals surface area contributed by atoms with Crippen LogP contribution in [-0.4, -0.2) is 36.0 Å². The number of likely N-dealkylation sites (tertiary alicyclic amines) is 1. The number of piperidine rings is 1. The highest BCUT2D eigenvalue weighted by molar-refractivity contribution is 6.06. The minimum Gasteiger partial charge on any atom is -0.497 e. The van der Waals surface area contributed by atoms with E-state index in [1.165, 1.54) is 18.2 Å². The van der Waals surface area contributed by atoms with E-state index in [2.05, 4.69) is 11.8 Å². The van der Waals surface area contributed by atoms with Gasteiger partial charge in [-0.15, -0.1) is 0 Å². The molecule has 4 nitrogen and oxygen atoms in total. The van der Waals surface area contributed by atoms with Crippen LogP contribution in [0.4, 0.5) is 14.5 Å². The molecule has 29 heavy (non-hydrogen) atoms. The number of amides is 1. The van der Waals surface area contributed by atoms with Crippen molar-refractivity contribution in [3.63, 3.8) is 0 Å². The molecule has 1 saturated heterocycles. The van der Waals surface area contributed by atoms with Gasteiger partial charge in [0.05, 0.1) is 12.6 Å². The fourth-order valence-electron chi connectivity index (χ4n) is 4.50. The Balaban J connectivity index is 1.55. The van der Waals surface area contributed by atoms with Gasteiger partial charge < -0.3 is 4.74 Å². The first-order valence-electron chi connectivity index (χ1n) is 9.77. The van der Waals surface area contributed by atoms with Gasteiger partial charge in [0.2, 0.25) is 0 Å². The van der Waals surface area contributed by atoms with Crippen LogP contribution in [0, 0.1) is 11.6 Å². The average Bonchev–Trinajstić information content (AvgIpc) is 3.01. The summed E-state index contributed by atoms with van der Waals surface area (Å²) < 4.78 is 33.3. The smallest absolute Gasteiger partial charge is 0.251 e. The first kappa shape index (κ1) is 19.6. The molecule has 2 unspecified atom stereocenters.